The zero-order chi connectivity index (χ0) is 25.6. The molecule has 0 aliphatic rings. The minimum absolute atomic E-state index is 0.0299. The number of hydrogen-bond donors (Lipinski definition) is 0. The monoisotopic (exact) mass is 485 g/mol. The standard InChI is InChI=1S/C31H19NO5/c32-19-24(17-21-7-3-1-4-8-21)31(34)37-26-15-16-27-28(18-26)35-20-29(30(27)33)36-25-13-11-23(12-14-25)22-9-5-2-6-10-22/h1-18,20H. The van der Waals surface area contributed by atoms with E-state index in [0.717, 1.165) is 11.1 Å². The largest absolute Gasteiger partial charge is 0.460 e. The van der Waals surface area contributed by atoms with Gasteiger partial charge in [0.25, 0.3) is 0 Å². The first-order chi connectivity index (χ1) is 18.1. The van der Waals surface area contributed by atoms with E-state index in [9.17, 15) is 14.9 Å². The molecule has 0 aliphatic carbocycles. The molecule has 0 fully saturated rings. The van der Waals surface area contributed by atoms with E-state index in [1.54, 1.807) is 36.4 Å². The molecule has 1 aromatic heterocycles. The number of rotatable bonds is 6. The normalized spacial score (nSPS) is 11.1. The van der Waals surface area contributed by atoms with Crippen LogP contribution in [0.4, 0.5) is 0 Å². The maximum Gasteiger partial charge on any atom is 0.354 e. The molecule has 178 valence electrons. The lowest BCUT2D eigenvalue weighted by molar-refractivity contribution is -0.129. The van der Waals surface area contributed by atoms with E-state index in [2.05, 4.69) is 0 Å². The molecule has 0 saturated carbocycles. The second kappa shape index (κ2) is 10.5. The molecule has 5 rings (SSSR count). The average Bonchev–Trinajstić information content (AvgIpc) is 2.94. The van der Waals surface area contributed by atoms with Crippen molar-refractivity contribution in [1.29, 1.82) is 5.26 Å². The second-order valence-electron chi connectivity index (χ2n) is 8.05. The number of carbonyl (C=O) groups excluding carboxylic acids is 1. The van der Waals surface area contributed by atoms with Gasteiger partial charge in [-0.05, 0) is 47.0 Å². The van der Waals surface area contributed by atoms with E-state index in [-0.39, 0.29) is 33.5 Å². The van der Waals surface area contributed by atoms with Crippen molar-refractivity contribution in [2.24, 2.45) is 0 Å². The van der Waals surface area contributed by atoms with Gasteiger partial charge in [0.1, 0.15) is 35.0 Å². The molecule has 0 spiro atoms. The molecule has 1 heterocycles. The molecule has 0 aliphatic heterocycles. The molecule has 4 aromatic carbocycles. The van der Waals surface area contributed by atoms with Gasteiger partial charge in [0.15, 0.2) is 0 Å². The Morgan fingerprint density at radius 2 is 1.46 bits per heavy atom. The molecule has 0 unspecified atom stereocenters. The lowest BCUT2D eigenvalue weighted by atomic mass is 10.1. The summed E-state index contributed by atoms with van der Waals surface area (Å²) in [6, 6.07) is 32.5. The number of benzene rings is 4. The summed E-state index contributed by atoms with van der Waals surface area (Å²) in [7, 11) is 0. The Bertz CT molecular complexity index is 1700. The third-order valence-electron chi connectivity index (χ3n) is 5.57. The molecule has 5 aromatic rings. The van der Waals surface area contributed by atoms with E-state index in [4.69, 9.17) is 13.9 Å². The Labute approximate surface area is 212 Å². The molecule has 0 atom stereocenters. The Hall–Kier alpha value is -5.41. The van der Waals surface area contributed by atoms with Crippen LogP contribution in [0.3, 0.4) is 0 Å². The van der Waals surface area contributed by atoms with E-state index < -0.39 is 5.97 Å². The lowest BCUT2D eigenvalue weighted by Crippen LogP contribution is -2.10. The molecule has 0 radical (unpaired) electrons. The van der Waals surface area contributed by atoms with Crippen molar-refractivity contribution in [2.75, 3.05) is 0 Å². The predicted molar refractivity (Wildman–Crippen MR) is 140 cm³/mol. The summed E-state index contributed by atoms with van der Waals surface area (Å²) in [5.41, 5.74) is 2.49. The minimum Gasteiger partial charge on any atom is -0.460 e. The fourth-order valence-electron chi connectivity index (χ4n) is 3.71. The van der Waals surface area contributed by atoms with Crippen LogP contribution in [0, 0.1) is 11.3 Å². The Kier molecular flexibility index (Phi) is 6.60. The topological polar surface area (TPSA) is 89.5 Å². The third kappa shape index (κ3) is 5.31. The van der Waals surface area contributed by atoms with Crippen LogP contribution in [0.2, 0.25) is 0 Å². The first-order valence-corrected chi connectivity index (χ1v) is 11.4. The highest BCUT2D eigenvalue weighted by Crippen LogP contribution is 2.27. The summed E-state index contributed by atoms with van der Waals surface area (Å²) >= 11 is 0. The first kappa shape index (κ1) is 23.3. The maximum absolute atomic E-state index is 13.0. The molecule has 6 nitrogen and oxygen atoms in total. The van der Waals surface area contributed by atoms with Gasteiger partial charge in [0, 0.05) is 6.07 Å². The quantitative estimate of drug-likeness (QED) is 0.114. The molecule has 0 saturated heterocycles. The molecular formula is C31H19NO5. The summed E-state index contributed by atoms with van der Waals surface area (Å²) in [5.74, 6) is -0.152. The zero-order valence-electron chi connectivity index (χ0n) is 19.5. The molecule has 6 heteroatoms. The van der Waals surface area contributed by atoms with Crippen molar-refractivity contribution in [1.82, 2.24) is 0 Å². The summed E-state index contributed by atoms with van der Waals surface area (Å²) < 4.78 is 16.7. The smallest absolute Gasteiger partial charge is 0.354 e. The molecule has 37 heavy (non-hydrogen) atoms. The number of hydrogen-bond acceptors (Lipinski definition) is 6. The summed E-state index contributed by atoms with van der Waals surface area (Å²) in [6.45, 7) is 0. The number of esters is 1. The van der Waals surface area contributed by atoms with Crippen molar-refractivity contribution in [2.45, 2.75) is 0 Å². The predicted octanol–water partition coefficient (Wildman–Crippen LogP) is 6.76. The minimum atomic E-state index is -0.813. The van der Waals surface area contributed by atoms with Crippen molar-refractivity contribution >= 4 is 23.0 Å². The van der Waals surface area contributed by atoms with Crippen LogP contribution in [0.15, 0.2) is 124 Å². The Morgan fingerprint density at radius 3 is 2.16 bits per heavy atom. The maximum atomic E-state index is 13.0. The van der Waals surface area contributed by atoms with Crippen LogP contribution in [0.1, 0.15) is 5.56 Å². The molecule has 0 amide bonds. The SMILES string of the molecule is N#CC(=Cc1ccccc1)C(=O)Oc1ccc2c(=O)c(Oc3ccc(-c4ccccc4)cc3)coc2c1. The fourth-order valence-corrected chi connectivity index (χ4v) is 3.71. The van der Waals surface area contributed by atoms with Crippen LogP contribution >= 0.6 is 0 Å². The van der Waals surface area contributed by atoms with E-state index >= 15 is 0 Å². The zero-order valence-corrected chi connectivity index (χ0v) is 19.5. The summed E-state index contributed by atoms with van der Waals surface area (Å²) in [5, 5.41) is 9.64. The number of fused-ring (bicyclic) bond motifs is 1. The summed E-state index contributed by atoms with van der Waals surface area (Å²) in [6.07, 6.45) is 2.66. The van der Waals surface area contributed by atoms with Gasteiger partial charge in [-0.2, -0.15) is 5.26 Å². The van der Waals surface area contributed by atoms with Crippen LogP contribution in [0.25, 0.3) is 28.2 Å². The molecule has 0 N–H and O–H groups in total. The summed E-state index contributed by atoms with van der Waals surface area (Å²) in [4.78, 5) is 25.5. The van der Waals surface area contributed by atoms with Gasteiger partial charge in [-0.3, -0.25) is 4.79 Å². The van der Waals surface area contributed by atoms with Crippen molar-refractivity contribution in [3.05, 3.63) is 131 Å². The van der Waals surface area contributed by atoms with E-state index in [0.29, 0.717) is 11.3 Å². The highest BCUT2D eigenvalue weighted by atomic mass is 16.5. The highest BCUT2D eigenvalue weighted by molar-refractivity contribution is 5.99. The number of ether oxygens (including phenoxy) is 2. The number of nitriles is 1. The van der Waals surface area contributed by atoms with Gasteiger partial charge < -0.3 is 13.9 Å². The fraction of sp³-hybridized carbons (Fsp3) is 0. The molecule has 0 bridgehead atoms. The first-order valence-electron chi connectivity index (χ1n) is 11.4. The highest BCUT2D eigenvalue weighted by Gasteiger charge is 2.15. The van der Waals surface area contributed by atoms with E-state index in [1.807, 2.05) is 54.6 Å². The number of nitrogens with zero attached hydrogens (tertiary/aromatic N) is 1. The average molecular weight is 485 g/mol. The van der Waals surface area contributed by atoms with Gasteiger partial charge in [0.2, 0.25) is 11.2 Å². The number of carbonyl (C=O) groups is 1. The van der Waals surface area contributed by atoms with Gasteiger partial charge >= 0.3 is 5.97 Å². The van der Waals surface area contributed by atoms with Gasteiger partial charge in [0.05, 0.1) is 5.39 Å². The van der Waals surface area contributed by atoms with Gasteiger partial charge in [-0.15, -0.1) is 0 Å². The lowest BCUT2D eigenvalue weighted by Gasteiger charge is -2.08. The van der Waals surface area contributed by atoms with Gasteiger partial charge in [-0.25, -0.2) is 4.79 Å². The van der Waals surface area contributed by atoms with Crippen LogP contribution < -0.4 is 14.9 Å². The third-order valence-corrected chi connectivity index (χ3v) is 5.57. The second-order valence-corrected chi connectivity index (χ2v) is 8.05. The van der Waals surface area contributed by atoms with Crippen molar-refractivity contribution < 1.29 is 18.7 Å². The van der Waals surface area contributed by atoms with Crippen LogP contribution in [-0.2, 0) is 4.79 Å². The van der Waals surface area contributed by atoms with Gasteiger partial charge in [-0.1, -0.05) is 72.8 Å². The van der Waals surface area contributed by atoms with Crippen LogP contribution in [0.5, 0.6) is 17.2 Å². The van der Waals surface area contributed by atoms with Crippen LogP contribution in [-0.4, -0.2) is 5.97 Å². The Morgan fingerprint density at radius 1 is 0.811 bits per heavy atom. The Balaban J connectivity index is 1.33. The van der Waals surface area contributed by atoms with E-state index in [1.165, 1.54) is 30.5 Å². The van der Waals surface area contributed by atoms with Crippen molar-refractivity contribution in [3.63, 3.8) is 0 Å². The molecular weight excluding hydrogens is 466 g/mol. The van der Waals surface area contributed by atoms with Crippen molar-refractivity contribution in [3.8, 4) is 34.4 Å².